The molecule has 32 heavy (non-hydrogen) atoms. The van der Waals surface area contributed by atoms with Crippen molar-refractivity contribution in [2.75, 3.05) is 23.3 Å². The van der Waals surface area contributed by atoms with E-state index < -0.39 is 11.7 Å². The number of rotatable bonds is 6. The summed E-state index contributed by atoms with van der Waals surface area (Å²) in [4.78, 5) is 14.4. The maximum Gasteiger partial charge on any atom is 0.416 e. The van der Waals surface area contributed by atoms with Crippen LogP contribution < -0.4 is 10.2 Å². The third kappa shape index (κ3) is 5.78. The van der Waals surface area contributed by atoms with Crippen LogP contribution in [-0.4, -0.2) is 39.4 Å². The van der Waals surface area contributed by atoms with E-state index in [2.05, 4.69) is 30.6 Å². The SMILES string of the molecule is O=C(Cc1ccc(C(F)(F)F)cc1)Nc1nnc(CC2CCN(c3cccnn3)CC2)s1. The third-order valence-corrected chi connectivity index (χ3v) is 6.18. The molecule has 1 saturated heterocycles. The van der Waals surface area contributed by atoms with Crippen molar-refractivity contribution in [3.05, 3.63) is 58.7 Å². The molecule has 168 valence electrons. The van der Waals surface area contributed by atoms with E-state index in [1.54, 1.807) is 6.20 Å². The fraction of sp³-hybridized carbons (Fsp3) is 0.381. The molecule has 0 bridgehead atoms. The maximum absolute atomic E-state index is 12.6. The van der Waals surface area contributed by atoms with Gasteiger partial charge in [0.1, 0.15) is 5.01 Å². The lowest BCUT2D eigenvalue weighted by Crippen LogP contribution is -2.34. The van der Waals surface area contributed by atoms with E-state index in [0.29, 0.717) is 16.6 Å². The fourth-order valence-corrected chi connectivity index (χ4v) is 4.49. The highest BCUT2D eigenvalue weighted by Gasteiger charge is 2.30. The number of carbonyl (C=O) groups is 1. The number of alkyl halides is 3. The molecule has 4 rings (SSSR count). The Balaban J connectivity index is 1.25. The van der Waals surface area contributed by atoms with Crippen LogP contribution in [0, 0.1) is 5.92 Å². The summed E-state index contributed by atoms with van der Waals surface area (Å²) in [6.45, 7) is 1.80. The van der Waals surface area contributed by atoms with Crippen molar-refractivity contribution in [2.24, 2.45) is 5.92 Å². The molecule has 2 aromatic heterocycles. The second-order valence-corrected chi connectivity index (χ2v) is 8.70. The lowest BCUT2D eigenvalue weighted by Gasteiger charge is -2.32. The second-order valence-electron chi connectivity index (χ2n) is 7.64. The Hall–Kier alpha value is -3.08. The van der Waals surface area contributed by atoms with Crippen molar-refractivity contribution < 1.29 is 18.0 Å². The van der Waals surface area contributed by atoms with Gasteiger partial charge in [0, 0.05) is 25.7 Å². The highest BCUT2D eigenvalue weighted by molar-refractivity contribution is 7.15. The summed E-state index contributed by atoms with van der Waals surface area (Å²) in [6, 6.07) is 8.39. The Bertz CT molecular complexity index is 1030. The Kier molecular flexibility index (Phi) is 6.63. The monoisotopic (exact) mass is 462 g/mol. The van der Waals surface area contributed by atoms with Crippen LogP contribution in [0.4, 0.5) is 24.1 Å². The minimum atomic E-state index is -4.39. The second kappa shape index (κ2) is 9.60. The fourth-order valence-electron chi connectivity index (χ4n) is 3.62. The molecule has 1 aromatic carbocycles. The van der Waals surface area contributed by atoms with Crippen LogP contribution in [0.15, 0.2) is 42.6 Å². The highest BCUT2D eigenvalue weighted by atomic mass is 32.1. The largest absolute Gasteiger partial charge is 0.416 e. The number of halogens is 3. The molecule has 11 heteroatoms. The molecule has 3 heterocycles. The molecule has 0 aliphatic carbocycles. The predicted molar refractivity (Wildman–Crippen MR) is 114 cm³/mol. The zero-order chi connectivity index (χ0) is 22.6. The molecule has 0 radical (unpaired) electrons. The van der Waals surface area contributed by atoms with Gasteiger partial charge in [-0.05, 0) is 48.6 Å². The van der Waals surface area contributed by atoms with Crippen LogP contribution >= 0.6 is 11.3 Å². The van der Waals surface area contributed by atoms with Crippen LogP contribution in [0.1, 0.15) is 29.0 Å². The number of hydrogen-bond acceptors (Lipinski definition) is 7. The number of amides is 1. The summed E-state index contributed by atoms with van der Waals surface area (Å²) in [6.07, 6.45) is 0.0355. The van der Waals surface area contributed by atoms with Crippen molar-refractivity contribution in [3.8, 4) is 0 Å². The van der Waals surface area contributed by atoms with Crippen LogP contribution in [-0.2, 0) is 23.8 Å². The molecular weight excluding hydrogens is 441 g/mol. The van der Waals surface area contributed by atoms with Crippen molar-refractivity contribution >= 4 is 28.2 Å². The van der Waals surface area contributed by atoms with Gasteiger partial charge in [-0.25, -0.2) is 0 Å². The number of aromatic nitrogens is 4. The lowest BCUT2D eigenvalue weighted by molar-refractivity contribution is -0.137. The molecule has 1 aliphatic heterocycles. The smallest absolute Gasteiger partial charge is 0.355 e. The van der Waals surface area contributed by atoms with Gasteiger partial charge in [0.2, 0.25) is 11.0 Å². The van der Waals surface area contributed by atoms with Crippen LogP contribution in [0.5, 0.6) is 0 Å². The molecule has 3 aromatic rings. The van der Waals surface area contributed by atoms with Crippen LogP contribution in [0.2, 0.25) is 0 Å². The van der Waals surface area contributed by atoms with E-state index in [1.165, 1.54) is 23.5 Å². The van der Waals surface area contributed by atoms with Crippen molar-refractivity contribution in [3.63, 3.8) is 0 Å². The van der Waals surface area contributed by atoms with E-state index in [9.17, 15) is 18.0 Å². The molecule has 1 aliphatic rings. The van der Waals surface area contributed by atoms with Gasteiger partial charge < -0.3 is 10.2 Å². The van der Waals surface area contributed by atoms with Crippen LogP contribution in [0.3, 0.4) is 0 Å². The first kappa shape index (κ1) is 22.1. The summed E-state index contributed by atoms with van der Waals surface area (Å²) in [5.74, 6) is 1.02. The molecule has 1 fully saturated rings. The van der Waals surface area contributed by atoms with E-state index in [0.717, 1.165) is 55.3 Å². The van der Waals surface area contributed by atoms with Crippen molar-refractivity contribution in [1.29, 1.82) is 0 Å². The number of nitrogens with one attached hydrogen (secondary N) is 1. The average Bonchev–Trinajstić information content (AvgIpc) is 3.21. The van der Waals surface area contributed by atoms with Gasteiger partial charge in [-0.1, -0.05) is 23.5 Å². The molecule has 0 unspecified atom stereocenters. The summed E-state index contributed by atoms with van der Waals surface area (Å²) in [5.41, 5.74) is -0.243. The predicted octanol–water partition coefficient (Wildman–Crippen LogP) is 3.99. The number of hydrogen-bond donors (Lipinski definition) is 1. The molecule has 1 amide bonds. The lowest BCUT2D eigenvalue weighted by atomic mass is 9.94. The number of anilines is 2. The Morgan fingerprint density at radius 3 is 2.50 bits per heavy atom. The Labute approximate surface area is 186 Å². The molecule has 0 spiro atoms. The van der Waals surface area contributed by atoms with Crippen molar-refractivity contribution in [2.45, 2.75) is 31.9 Å². The normalized spacial score (nSPS) is 15.0. The molecule has 1 N–H and O–H groups in total. The van der Waals surface area contributed by atoms with Gasteiger partial charge in [-0.3, -0.25) is 4.79 Å². The summed E-state index contributed by atoms with van der Waals surface area (Å²) in [7, 11) is 0. The third-order valence-electron chi connectivity index (χ3n) is 5.32. The Morgan fingerprint density at radius 2 is 1.84 bits per heavy atom. The van der Waals surface area contributed by atoms with E-state index in [4.69, 9.17) is 0 Å². The first-order chi connectivity index (χ1) is 15.4. The first-order valence-corrected chi connectivity index (χ1v) is 11.0. The minimum absolute atomic E-state index is 0.0338. The summed E-state index contributed by atoms with van der Waals surface area (Å²) in [5, 5.41) is 20.2. The Morgan fingerprint density at radius 1 is 1.09 bits per heavy atom. The molecule has 7 nitrogen and oxygen atoms in total. The topological polar surface area (TPSA) is 83.9 Å². The van der Waals surface area contributed by atoms with E-state index in [-0.39, 0.29) is 12.3 Å². The summed E-state index contributed by atoms with van der Waals surface area (Å²) >= 11 is 1.33. The molecular formula is C21H21F3N6OS. The van der Waals surface area contributed by atoms with Gasteiger partial charge in [0.25, 0.3) is 0 Å². The van der Waals surface area contributed by atoms with Gasteiger partial charge in [-0.2, -0.15) is 18.3 Å². The van der Waals surface area contributed by atoms with Crippen LogP contribution in [0.25, 0.3) is 0 Å². The standard InChI is InChI=1S/C21H21F3N6OS/c22-21(23,24)16-5-3-14(4-6-16)12-18(31)26-20-29-28-19(32-20)13-15-7-10-30(11-8-15)17-2-1-9-25-27-17/h1-6,9,15H,7-8,10-13H2,(H,26,29,31). The van der Waals surface area contributed by atoms with Gasteiger partial charge >= 0.3 is 6.18 Å². The molecule has 0 atom stereocenters. The quantitative estimate of drug-likeness (QED) is 0.597. The number of nitrogens with zero attached hydrogens (tertiary/aromatic N) is 5. The van der Waals surface area contributed by atoms with Gasteiger partial charge in [0.05, 0.1) is 12.0 Å². The summed E-state index contributed by atoms with van der Waals surface area (Å²) < 4.78 is 37.9. The minimum Gasteiger partial charge on any atom is -0.355 e. The maximum atomic E-state index is 12.6. The van der Waals surface area contributed by atoms with E-state index >= 15 is 0 Å². The number of carbonyl (C=O) groups excluding carboxylic acids is 1. The molecule has 0 saturated carbocycles. The first-order valence-electron chi connectivity index (χ1n) is 10.2. The number of benzene rings is 1. The van der Waals surface area contributed by atoms with Gasteiger partial charge in [-0.15, -0.1) is 15.3 Å². The van der Waals surface area contributed by atoms with Gasteiger partial charge in [0.15, 0.2) is 5.82 Å². The zero-order valence-corrected chi connectivity index (χ0v) is 17.9. The zero-order valence-electron chi connectivity index (χ0n) is 17.0. The van der Waals surface area contributed by atoms with Crippen molar-refractivity contribution in [1.82, 2.24) is 20.4 Å². The number of piperidine rings is 1. The van der Waals surface area contributed by atoms with E-state index in [1.807, 2.05) is 12.1 Å². The highest BCUT2D eigenvalue weighted by Crippen LogP contribution is 2.29. The average molecular weight is 463 g/mol.